The highest BCUT2D eigenvalue weighted by Crippen LogP contribution is 2.26. The van der Waals surface area contributed by atoms with Gasteiger partial charge in [0, 0.05) is 19.3 Å². The molecule has 0 aliphatic carbocycles. The highest BCUT2D eigenvalue weighted by atomic mass is 16.7. The van der Waals surface area contributed by atoms with E-state index in [1.54, 1.807) is 0 Å². The van der Waals surface area contributed by atoms with Crippen molar-refractivity contribution >= 4 is 23.9 Å². The molecule has 1 saturated heterocycles. The van der Waals surface area contributed by atoms with Crippen LogP contribution in [0.2, 0.25) is 0 Å². The van der Waals surface area contributed by atoms with E-state index in [1.807, 2.05) is 30.4 Å². The predicted octanol–water partition coefficient (Wildman–Crippen LogP) is 14.8. The van der Waals surface area contributed by atoms with Crippen LogP contribution in [-0.4, -0.2) is 89.2 Å². The molecular weight excluding hydrogens is 973 g/mol. The molecule has 1 aliphatic rings. The Balaban J connectivity index is 2.75. The van der Waals surface area contributed by atoms with Crippen LogP contribution in [0.15, 0.2) is 146 Å². The lowest BCUT2D eigenvalue weighted by atomic mass is 9.98. The molecule has 0 radical (unpaired) electrons. The summed E-state index contributed by atoms with van der Waals surface area (Å²) in [6.45, 7) is 5.61. The van der Waals surface area contributed by atoms with Gasteiger partial charge >= 0.3 is 23.9 Å². The van der Waals surface area contributed by atoms with Crippen LogP contribution >= 0.6 is 0 Å². The van der Waals surface area contributed by atoms with E-state index >= 15 is 0 Å². The average molecular weight is 1070 g/mol. The van der Waals surface area contributed by atoms with Gasteiger partial charge in [0.05, 0.1) is 6.61 Å². The third-order valence-corrected chi connectivity index (χ3v) is 11.9. The summed E-state index contributed by atoms with van der Waals surface area (Å²) in [6, 6.07) is 0. The molecule has 430 valence electrons. The Morgan fingerprint density at radius 2 is 0.818 bits per heavy atom. The third kappa shape index (κ3) is 41.4. The second-order valence-electron chi connectivity index (χ2n) is 18.8. The van der Waals surface area contributed by atoms with Gasteiger partial charge in [-0.05, 0) is 96.3 Å². The van der Waals surface area contributed by atoms with Gasteiger partial charge in [-0.15, -0.1) is 0 Å². The molecule has 0 saturated carbocycles. The first-order valence-corrected chi connectivity index (χ1v) is 28.8. The van der Waals surface area contributed by atoms with Gasteiger partial charge in [-0.1, -0.05) is 218 Å². The second-order valence-corrected chi connectivity index (χ2v) is 18.8. The SMILES string of the molecule is CC/C=C\C/C=C\C/C=C\C/C=C\C/C=C\C/C=C\CCC(=O)OCC(COC1OC(C(=O)O)C(O)C(O)C1OC(=O)CC/C=C\C/C=C\C/C=C\C/C=C\C/C=C\C/C=C\CC)OC(=O)CCCCCCCCCCC. The van der Waals surface area contributed by atoms with Crippen LogP contribution in [0.4, 0.5) is 0 Å². The number of hydrogen-bond donors (Lipinski definition) is 3. The molecule has 0 spiro atoms. The number of carboxylic acids is 1. The lowest BCUT2D eigenvalue weighted by molar-refractivity contribution is -0.301. The molecule has 1 rings (SSSR count). The predicted molar refractivity (Wildman–Crippen MR) is 312 cm³/mol. The molecular formula is C65H98O12. The smallest absolute Gasteiger partial charge is 0.335 e. The molecule has 0 aromatic rings. The van der Waals surface area contributed by atoms with E-state index in [2.05, 4.69) is 136 Å². The van der Waals surface area contributed by atoms with Gasteiger partial charge in [0.15, 0.2) is 24.6 Å². The van der Waals surface area contributed by atoms with Crippen LogP contribution < -0.4 is 0 Å². The number of carboxylic acid groups (broad SMARTS) is 1. The minimum absolute atomic E-state index is 0.0782. The van der Waals surface area contributed by atoms with E-state index in [0.29, 0.717) is 32.1 Å². The topological polar surface area (TPSA) is 175 Å². The average Bonchev–Trinajstić information content (AvgIpc) is 3.42. The van der Waals surface area contributed by atoms with E-state index in [1.165, 1.54) is 25.7 Å². The molecule has 12 nitrogen and oxygen atoms in total. The van der Waals surface area contributed by atoms with E-state index in [0.717, 1.165) is 89.9 Å². The maximum atomic E-state index is 13.1. The van der Waals surface area contributed by atoms with Crippen LogP contribution in [0, 0.1) is 0 Å². The van der Waals surface area contributed by atoms with Crippen molar-refractivity contribution < 1.29 is 58.2 Å². The molecule has 0 amide bonds. The number of carbonyl (C=O) groups excluding carboxylic acids is 3. The number of hydrogen-bond acceptors (Lipinski definition) is 11. The molecule has 0 aromatic carbocycles. The van der Waals surface area contributed by atoms with Crippen molar-refractivity contribution in [3.63, 3.8) is 0 Å². The van der Waals surface area contributed by atoms with Gasteiger partial charge in [-0.2, -0.15) is 0 Å². The lowest BCUT2D eigenvalue weighted by Gasteiger charge is -2.40. The molecule has 0 aromatic heterocycles. The first kappa shape index (κ1) is 69.6. The second kappa shape index (κ2) is 51.4. The lowest BCUT2D eigenvalue weighted by Crippen LogP contribution is -2.61. The molecule has 1 heterocycles. The molecule has 3 N–H and O–H groups in total. The van der Waals surface area contributed by atoms with E-state index in [-0.39, 0.29) is 25.9 Å². The van der Waals surface area contributed by atoms with E-state index in [9.17, 15) is 34.5 Å². The normalized spacial score (nSPS) is 19.1. The summed E-state index contributed by atoms with van der Waals surface area (Å²) < 4.78 is 28.2. The van der Waals surface area contributed by atoms with Gasteiger partial charge < -0.3 is 39.0 Å². The summed E-state index contributed by atoms with van der Waals surface area (Å²) in [5.41, 5.74) is 0. The number of unbranched alkanes of at least 4 members (excludes halogenated alkanes) is 8. The number of aliphatic carboxylic acids is 1. The number of esters is 3. The summed E-state index contributed by atoms with van der Waals surface area (Å²) in [5.74, 6) is -3.37. The van der Waals surface area contributed by atoms with Crippen molar-refractivity contribution in [2.24, 2.45) is 0 Å². The summed E-state index contributed by atoms with van der Waals surface area (Å²) in [4.78, 5) is 50.9. The van der Waals surface area contributed by atoms with Gasteiger partial charge in [0.2, 0.25) is 0 Å². The van der Waals surface area contributed by atoms with Gasteiger partial charge in [0.25, 0.3) is 0 Å². The first-order chi connectivity index (χ1) is 37.6. The molecule has 6 atom stereocenters. The molecule has 77 heavy (non-hydrogen) atoms. The first-order valence-electron chi connectivity index (χ1n) is 28.8. The molecule has 6 unspecified atom stereocenters. The zero-order valence-electron chi connectivity index (χ0n) is 47.1. The molecule has 12 heteroatoms. The fraction of sp³-hybridized carbons (Fsp3) is 0.569. The number of ether oxygens (including phenoxy) is 5. The molecule has 1 fully saturated rings. The maximum absolute atomic E-state index is 13.1. The Kier molecular flexibility index (Phi) is 46.4. The third-order valence-electron chi connectivity index (χ3n) is 11.9. The number of aliphatic hydroxyl groups is 2. The van der Waals surface area contributed by atoms with E-state index < -0.39 is 67.3 Å². The Morgan fingerprint density at radius 3 is 1.22 bits per heavy atom. The maximum Gasteiger partial charge on any atom is 0.335 e. The van der Waals surface area contributed by atoms with Crippen LogP contribution in [-0.2, 0) is 42.9 Å². The van der Waals surface area contributed by atoms with Crippen molar-refractivity contribution in [1.29, 1.82) is 0 Å². The van der Waals surface area contributed by atoms with Crippen molar-refractivity contribution in [2.45, 2.75) is 225 Å². The minimum Gasteiger partial charge on any atom is -0.479 e. The standard InChI is InChI=1S/C65H98O12/c1-4-7-10-13-16-19-21-23-25-27-29-31-33-35-37-40-42-45-48-51-57(66)73-54-56(75-58(67)52-49-46-43-39-18-15-12-9-6-3)55-74-65-63(61(70)60(69)62(77-65)64(71)72)76-59(68)53-50-47-44-41-38-36-34-32-30-28-26-24-22-20-17-14-11-8-5-2/h7-8,10-11,16-17,19-20,23-26,29-32,35-38,42,44-45,47,56,60-63,65,69-70H,4-6,9,12-15,18,21-22,27-28,33-34,39-41,43,46,48-55H2,1-3H3,(H,71,72)/b10-7-,11-8-,19-16-,20-17-,25-23-,26-24-,31-29-,32-30-,37-35-,38-36-,45-42-,47-44-. The number of allylic oxidation sites excluding steroid dienone is 24. The van der Waals surface area contributed by atoms with Crippen molar-refractivity contribution in [1.82, 2.24) is 0 Å². The van der Waals surface area contributed by atoms with Gasteiger partial charge in [-0.25, -0.2) is 4.79 Å². The zero-order chi connectivity index (χ0) is 56.1. The highest BCUT2D eigenvalue weighted by molar-refractivity contribution is 5.74. The summed E-state index contributed by atoms with van der Waals surface area (Å²) in [7, 11) is 0. The van der Waals surface area contributed by atoms with Crippen molar-refractivity contribution in [3.8, 4) is 0 Å². The molecule has 0 bridgehead atoms. The number of aliphatic hydroxyl groups excluding tert-OH is 2. The highest BCUT2D eigenvalue weighted by Gasteiger charge is 2.50. The monoisotopic (exact) mass is 1070 g/mol. The Bertz CT molecular complexity index is 1890. The molecule has 1 aliphatic heterocycles. The Hall–Kier alpha value is -5.40. The Morgan fingerprint density at radius 1 is 0.442 bits per heavy atom. The van der Waals surface area contributed by atoms with Gasteiger partial charge in [0.1, 0.15) is 18.8 Å². The van der Waals surface area contributed by atoms with Crippen molar-refractivity contribution in [2.75, 3.05) is 13.2 Å². The number of carbonyl (C=O) groups is 4. The van der Waals surface area contributed by atoms with Crippen LogP contribution in [0.3, 0.4) is 0 Å². The summed E-state index contributed by atoms with van der Waals surface area (Å²) in [5, 5.41) is 31.4. The van der Waals surface area contributed by atoms with Crippen molar-refractivity contribution in [3.05, 3.63) is 146 Å². The Labute approximate surface area is 463 Å². The minimum atomic E-state index is -1.94. The fourth-order valence-corrected chi connectivity index (χ4v) is 7.59. The van der Waals surface area contributed by atoms with Crippen LogP contribution in [0.1, 0.15) is 188 Å². The van der Waals surface area contributed by atoms with Crippen LogP contribution in [0.5, 0.6) is 0 Å². The van der Waals surface area contributed by atoms with Crippen LogP contribution in [0.25, 0.3) is 0 Å². The van der Waals surface area contributed by atoms with Gasteiger partial charge in [-0.3, -0.25) is 14.4 Å². The quantitative estimate of drug-likeness (QED) is 0.0228. The fourth-order valence-electron chi connectivity index (χ4n) is 7.59. The number of rotatable bonds is 46. The largest absolute Gasteiger partial charge is 0.479 e. The summed E-state index contributed by atoms with van der Waals surface area (Å²) in [6.07, 6.45) is 61.4. The zero-order valence-corrected chi connectivity index (χ0v) is 47.1. The summed E-state index contributed by atoms with van der Waals surface area (Å²) >= 11 is 0. The van der Waals surface area contributed by atoms with E-state index in [4.69, 9.17) is 23.7 Å².